The van der Waals surface area contributed by atoms with Gasteiger partial charge < -0.3 is 5.11 Å². The molecule has 2 rings (SSSR count). The Morgan fingerprint density at radius 1 is 1.47 bits per heavy atom. The van der Waals surface area contributed by atoms with Crippen molar-refractivity contribution in [2.45, 2.75) is 18.8 Å². The minimum Gasteiger partial charge on any atom is -0.481 e. The second-order valence-electron chi connectivity index (χ2n) is 3.58. The molecule has 1 aromatic rings. The molecule has 0 saturated carbocycles. The Kier molecular flexibility index (Phi) is 2.61. The average Bonchev–Trinajstić information content (AvgIpc) is 2.19. The van der Waals surface area contributed by atoms with Gasteiger partial charge in [-0.05, 0) is 24.1 Å². The maximum Gasteiger partial charge on any atom is 0.311 e. The van der Waals surface area contributed by atoms with Gasteiger partial charge in [0.2, 0.25) is 0 Å². The Hall–Kier alpha value is -1.16. The van der Waals surface area contributed by atoms with Crippen molar-refractivity contribution in [3.8, 4) is 0 Å². The van der Waals surface area contributed by atoms with Gasteiger partial charge in [0.1, 0.15) is 0 Å². The molecule has 1 unspecified atom stereocenters. The fraction of sp³-hybridized carbons (Fsp3) is 0.273. The summed E-state index contributed by atoms with van der Waals surface area (Å²) >= 11 is 3.28. The minimum absolute atomic E-state index is 0.0313. The molecule has 1 aromatic carbocycles. The number of aliphatic carboxylic acids is 1. The summed E-state index contributed by atoms with van der Waals surface area (Å²) in [5.41, 5.74) is 1.19. The Bertz CT molecular complexity index is 439. The molecule has 0 heterocycles. The number of carboxylic acid groups (broad SMARTS) is 1. The van der Waals surface area contributed by atoms with Crippen LogP contribution < -0.4 is 0 Å². The highest BCUT2D eigenvalue weighted by atomic mass is 79.9. The van der Waals surface area contributed by atoms with Gasteiger partial charge in [0, 0.05) is 16.5 Å². The molecule has 0 aliphatic heterocycles. The van der Waals surface area contributed by atoms with Crippen LogP contribution in [0.1, 0.15) is 34.7 Å². The second kappa shape index (κ2) is 3.77. The van der Waals surface area contributed by atoms with Gasteiger partial charge in [-0.2, -0.15) is 0 Å². The van der Waals surface area contributed by atoms with Gasteiger partial charge in [-0.15, -0.1) is 0 Å². The maximum atomic E-state index is 11.6. The van der Waals surface area contributed by atoms with Crippen LogP contribution >= 0.6 is 15.9 Å². The van der Waals surface area contributed by atoms with Crippen LogP contribution in [-0.4, -0.2) is 16.9 Å². The van der Waals surface area contributed by atoms with Gasteiger partial charge in [0.05, 0.1) is 5.92 Å². The predicted octanol–water partition coefficient (Wildman–Crippen LogP) is 2.59. The van der Waals surface area contributed by atoms with Crippen molar-refractivity contribution in [3.63, 3.8) is 0 Å². The van der Waals surface area contributed by atoms with E-state index in [1.807, 2.05) is 0 Å². The number of ketones is 1. The fourth-order valence-electron chi connectivity index (χ4n) is 1.90. The summed E-state index contributed by atoms with van der Waals surface area (Å²) in [7, 11) is 0. The summed E-state index contributed by atoms with van der Waals surface area (Å²) in [6.07, 6.45) is 0.725. The number of benzene rings is 1. The van der Waals surface area contributed by atoms with Crippen LogP contribution in [0.3, 0.4) is 0 Å². The molecule has 0 aromatic heterocycles. The van der Waals surface area contributed by atoms with E-state index in [2.05, 4.69) is 15.9 Å². The van der Waals surface area contributed by atoms with Gasteiger partial charge >= 0.3 is 5.97 Å². The summed E-state index contributed by atoms with van der Waals surface area (Å²) < 4.78 is 0.806. The molecule has 1 atom stereocenters. The van der Waals surface area contributed by atoms with Gasteiger partial charge in [-0.25, -0.2) is 0 Å². The third-order valence-electron chi connectivity index (χ3n) is 2.65. The number of hydrogen-bond donors (Lipinski definition) is 1. The second-order valence-corrected chi connectivity index (χ2v) is 4.50. The summed E-state index contributed by atoms with van der Waals surface area (Å²) in [6, 6.07) is 5.19. The molecule has 0 bridgehead atoms. The van der Waals surface area contributed by atoms with E-state index in [4.69, 9.17) is 5.11 Å². The van der Waals surface area contributed by atoms with Crippen LogP contribution in [0.4, 0.5) is 0 Å². The molecule has 78 valence electrons. The number of carboxylic acids is 1. The van der Waals surface area contributed by atoms with Crippen molar-refractivity contribution < 1.29 is 14.7 Å². The quantitative estimate of drug-likeness (QED) is 0.852. The van der Waals surface area contributed by atoms with E-state index >= 15 is 0 Å². The van der Waals surface area contributed by atoms with Crippen molar-refractivity contribution >= 4 is 27.7 Å². The van der Waals surface area contributed by atoms with Crippen LogP contribution in [0.15, 0.2) is 22.7 Å². The van der Waals surface area contributed by atoms with Crippen LogP contribution in [0.2, 0.25) is 0 Å². The first-order valence-corrected chi connectivity index (χ1v) is 5.44. The summed E-state index contributed by atoms with van der Waals surface area (Å²) in [4.78, 5) is 22.6. The molecule has 3 nitrogen and oxygen atoms in total. The number of carbonyl (C=O) groups excluding carboxylic acids is 1. The van der Waals surface area contributed by atoms with Gasteiger partial charge in [-0.3, -0.25) is 9.59 Å². The first kappa shape index (κ1) is 10.4. The molecular formula is C11H9BrO3. The molecule has 1 aliphatic carbocycles. The van der Waals surface area contributed by atoms with Crippen LogP contribution in [-0.2, 0) is 4.79 Å². The number of rotatable bonds is 1. The number of hydrogen-bond acceptors (Lipinski definition) is 2. The minimum atomic E-state index is -0.855. The number of halogens is 1. The first-order valence-electron chi connectivity index (χ1n) is 4.65. The largest absolute Gasteiger partial charge is 0.481 e. The van der Waals surface area contributed by atoms with E-state index in [1.54, 1.807) is 18.2 Å². The van der Waals surface area contributed by atoms with Crippen LogP contribution in [0, 0.1) is 0 Å². The summed E-state index contributed by atoms with van der Waals surface area (Å²) in [6.45, 7) is 0. The number of fused-ring (bicyclic) bond motifs is 1. The zero-order chi connectivity index (χ0) is 11.0. The van der Waals surface area contributed by atoms with Crippen molar-refractivity contribution in [2.24, 2.45) is 0 Å². The number of carbonyl (C=O) groups is 2. The molecule has 0 radical (unpaired) electrons. The Morgan fingerprint density at radius 3 is 2.87 bits per heavy atom. The van der Waals surface area contributed by atoms with E-state index in [0.29, 0.717) is 24.0 Å². The lowest BCUT2D eigenvalue weighted by molar-refractivity contribution is -0.139. The standard InChI is InChI=1S/C11H9BrO3/c12-6-1-2-7-8(11(14)15)3-4-10(13)9(7)5-6/h1-2,5,8H,3-4H2,(H,14,15). The highest BCUT2D eigenvalue weighted by Crippen LogP contribution is 2.33. The smallest absolute Gasteiger partial charge is 0.311 e. The Labute approximate surface area is 95.2 Å². The van der Waals surface area contributed by atoms with Gasteiger partial charge in [0.25, 0.3) is 0 Å². The lowest BCUT2D eigenvalue weighted by atomic mass is 9.82. The summed E-state index contributed by atoms with van der Waals surface area (Å²) in [5.74, 6) is -1.36. The lowest BCUT2D eigenvalue weighted by Gasteiger charge is -2.21. The van der Waals surface area contributed by atoms with Gasteiger partial charge in [0.15, 0.2) is 5.78 Å². The topological polar surface area (TPSA) is 54.4 Å². The average molecular weight is 269 g/mol. The van der Waals surface area contributed by atoms with Crippen molar-refractivity contribution in [3.05, 3.63) is 33.8 Å². The van der Waals surface area contributed by atoms with Crippen molar-refractivity contribution in [1.29, 1.82) is 0 Å². The third kappa shape index (κ3) is 1.81. The Balaban J connectivity index is 2.55. The van der Waals surface area contributed by atoms with Crippen molar-refractivity contribution in [1.82, 2.24) is 0 Å². The molecule has 0 spiro atoms. The van der Waals surface area contributed by atoms with Crippen molar-refractivity contribution in [2.75, 3.05) is 0 Å². The normalized spacial score (nSPS) is 19.8. The van der Waals surface area contributed by atoms with Crippen LogP contribution in [0.25, 0.3) is 0 Å². The zero-order valence-corrected chi connectivity index (χ0v) is 9.45. The molecule has 15 heavy (non-hydrogen) atoms. The Morgan fingerprint density at radius 2 is 2.20 bits per heavy atom. The predicted molar refractivity (Wildman–Crippen MR) is 58.1 cm³/mol. The van der Waals surface area contributed by atoms with E-state index < -0.39 is 11.9 Å². The summed E-state index contributed by atoms with van der Waals surface area (Å²) in [5, 5.41) is 9.02. The molecule has 1 aliphatic rings. The zero-order valence-electron chi connectivity index (χ0n) is 7.87. The molecule has 0 amide bonds. The SMILES string of the molecule is O=C1CCC(C(=O)O)c2ccc(Br)cc21. The monoisotopic (exact) mass is 268 g/mol. The highest BCUT2D eigenvalue weighted by molar-refractivity contribution is 9.10. The third-order valence-corrected chi connectivity index (χ3v) is 3.14. The molecular weight excluding hydrogens is 260 g/mol. The molecule has 4 heteroatoms. The maximum absolute atomic E-state index is 11.6. The molecule has 0 fully saturated rings. The number of Topliss-reactive ketones (excluding diaryl/α,β-unsaturated/α-hetero) is 1. The van der Waals surface area contributed by atoms with E-state index in [1.165, 1.54) is 0 Å². The molecule has 0 saturated heterocycles. The first-order chi connectivity index (χ1) is 7.09. The van der Waals surface area contributed by atoms with E-state index in [9.17, 15) is 9.59 Å². The van der Waals surface area contributed by atoms with Crippen LogP contribution in [0.5, 0.6) is 0 Å². The van der Waals surface area contributed by atoms with E-state index in [0.717, 1.165) is 4.47 Å². The highest BCUT2D eigenvalue weighted by Gasteiger charge is 2.30. The fourth-order valence-corrected chi connectivity index (χ4v) is 2.26. The lowest BCUT2D eigenvalue weighted by Crippen LogP contribution is -2.21. The van der Waals surface area contributed by atoms with Gasteiger partial charge in [-0.1, -0.05) is 22.0 Å². The molecule has 1 N–H and O–H groups in total. The van der Waals surface area contributed by atoms with E-state index in [-0.39, 0.29) is 5.78 Å².